The minimum absolute atomic E-state index is 0.00486. The lowest BCUT2D eigenvalue weighted by molar-refractivity contribution is -0.384. The maximum atomic E-state index is 13.0. The fraction of sp³-hybridized carbons (Fsp3) is 0.500. The Morgan fingerprint density at radius 1 is 1.30 bits per heavy atom. The van der Waals surface area contributed by atoms with Gasteiger partial charge < -0.3 is 5.32 Å². The first kappa shape index (κ1) is 19.3. The summed E-state index contributed by atoms with van der Waals surface area (Å²) in [6.07, 6.45) is -0.755. The van der Waals surface area contributed by atoms with Crippen LogP contribution < -0.4 is 5.32 Å². The molecule has 1 fully saturated rings. The van der Waals surface area contributed by atoms with Crippen molar-refractivity contribution in [3.63, 3.8) is 0 Å². The molecular weight excluding hydrogens is 361 g/mol. The van der Waals surface area contributed by atoms with E-state index in [0.717, 1.165) is 17.5 Å². The highest BCUT2D eigenvalue weighted by molar-refractivity contribution is 5.64. The Labute approximate surface area is 154 Å². The number of nitro benzene ring substituents is 1. The van der Waals surface area contributed by atoms with Crippen molar-refractivity contribution in [2.45, 2.75) is 44.4 Å². The van der Waals surface area contributed by atoms with Crippen LogP contribution in [0.25, 0.3) is 11.3 Å². The minimum atomic E-state index is -4.14. The van der Waals surface area contributed by atoms with Gasteiger partial charge in [0.05, 0.1) is 16.5 Å². The Kier molecular flexibility index (Phi) is 5.50. The molecule has 0 bridgehead atoms. The predicted octanol–water partition coefficient (Wildman–Crippen LogP) is 4.21. The summed E-state index contributed by atoms with van der Waals surface area (Å²) in [6.45, 7) is 0.398. The van der Waals surface area contributed by atoms with E-state index in [4.69, 9.17) is 0 Å². The second-order valence-corrected chi connectivity index (χ2v) is 6.96. The molecule has 1 N–H and O–H groups in total. The summed E-state index contributed by atoms with van der Waals surface area (Å²) in [4.78, 5) is 10.3. The normalized spacial score (nSPS) is 20.6. The molecule has 0 saturated heterocycles. The monoisotopic (exact) mass is 382 g/mol. The number of hydrogen-bond donors (Lipinski definition) is 1. The first-order chi connectivity index (χ1) is 12.7. The molecule has 3 rings (SSSR count). The summed E-state index contributed by atoms with van der Waals surface area (Å²) in [7, 11) is 1.76. The number of alkyl halides is 3. The molecule has 1 aliphatic rings. The molecule has 1 saturated carbocycles. The van der Waals surface area contributed by atoms with Gasteiger partial charge in [0.1, 0.15) is 0 Å². The van der Waals surface area contributed by atoms with Crippen LogP contribution in [0.3, 0.4) is 0 Å². The van der Waals surface area contributed by atoms with E-state index in [9.17, 15) is 23.3 Å². The van der Waals surface area contributed by atoms with Crippen LogP contribution in [0.15, 0.2) is 30.5 Å². The summed E-state index contributed by atoms with van der Waals surface area (Å²) in [5.41, 5.74) is 2.24. The Morgan fingerprint density at radius 2 is 2.00 bits per heavy atom. The SMILES string of the molecule is Cn1cc(CNC2CCCC(C(F)(F)F)C2)c(-c2ccc([N+](=O)[O-])cc2)n1. The molecule has 1 aliphatic carbocycles. The smallest absolute Gasteiger partial charge is 0.310 e. The van der Waals surface area contributed by atoms with Gasteiger partial charge in [0, 0.05) is 49.1 Å². The van der Waals surface area contributed by atoms with Crippen LogP contribution >= 0.6 is 0 Å². The van der Waals surface area contributed by atoms with Crippen LogP contribution in [0.4, 0.5) is 18.9 Å². The van der Waals surface area contributed by atoms with Crippen molar-refractivity contribution in [3.05, 3.63) is 46.1 Å². The molecule has 27 heavy (non-hydrogen) atoms. The van der Waals surface area contributed by atoms with E-state index in [0.29, 0.717) is 18.7 Å². The van der Waals surface area contributed by atoms with Crippen molar-refractivity contribution >= 4 is 5.69 Å². The molecule has 146 valence electrons. The van der Waals surface area contributed by atoms with Crippen molar-refractivity contribution < 1.29 is 18.1 Å². The lowest BCUT2D eigenvalue weighted by Crippen LogP contribution is -2.38. The Balaban J connectivity index is 1.70. The topological polar surface area (TPSA) is 73.0 Å². The van der Waals surface area contributed by atoms with Gasteiger partial charge in [0.15, 0.2) is 0 Å². The van der Waals surface area contributed by atoms with Gasteiger partial charge in [-0.15, -0.1) is 0 Å². The summed E-state index contributed by atoms with van der Waals surface area (Å²) >= 11 is 0. The molecule has 0 amide bonds. The van der Waals surface area contributed by atoms with Crippen LogP contribution in [0, 0.1) is 16.0 Å². The van der Waals surface area contributed by atoms with Crippen LogP contribution in [0.2, 0.25) is 0 Å². The molecule has 2 unspecified atom stereocenters. The summed E-state index contributed by atoms with van der Waals surface area (Å²) < 4.78 is 40.5. The molecular formula is C18H21F3N4O2. The number of nitro groups is 1. The number of rotatable bonds is 5. The van der Waals surface area contributed by atoms with Gasteiger partial charge in [-0.2, -0.15) is 18.3 Å². The number of aryl methyl sites for hydroxylation is 1. The second kappa shape index (κ2) is 7.67. The highest BCUT2D eigenvalue weighted by atomic mass is 19.4. The quantitative estimate of drug-likeness (QED) is 0.621. The number of nitrogens with zero attached hydrogens (tertiary/aromatic N) is 3. The summed E-state index contributed by atoms with van der Waals surface area (Å²) in [5.74, 6) is -1.24. The van der Waals surface area contributed by atoms with Crippen LogP contribution in [0.5, 0.6) is 0 Å². The molecule has 6 nitrogen and oxygen atoms in total. The van der Waals surface area contributed by atoms with E-state index in [1.807, 2.05) is 6.20 Å². The van der Waals surface area contributed by atoms with E-state index >= 15 is 0 Å². The molecule has 1 aromatic heterocycles. The third kappa shape index (κ3) is 4.65. The maximum absolute atomic E-state index is 13.0. The zero-order chi connectivity index (χ0) is 19.6. The molecule has 1 aromatic carbocycles. The maximum Gasteiger partial charge on any atom is 0.391 e. The Hall–Kier alpha value is -2.42. The highest BCUT2D eigenvalue weighted by Gasteiger charge is 2.42. The van der Waals surface area contributed by atoms with Crippen LogP contribution in [-0.2, 0) is 13.6 Å². The standard InChI is InChI=1S/C18H21F3N4O2/c1-24-11-13(10-22-15-4-2-3-14(9-15)18(19,20)21)17(23-24)12-5-7-16(8-6-12)25(26)27/h5-8,11,14-15,22H,2-4,9-10H2,1H3. The number of hydrogen-bond acceptors (Lipinski definition) is 4. The van der Waals surface area contributed by atoms with Crippen LogP contribution in [-0.4, -0.2) is 26.9 Å². The molecule has 0 aliphatic heterocycles. The van der Waals surface area contributed by atoms with Crippen molar-refractivity contribution in [2.24, 2.45) is 13.0 Å². The number of non-ortho nitro benzene ring substituents is 1. The molecule has 0 radical (unpaired) electrons. The number of halogens is 3. The Morgan fingerprint density at radius 3 is 2.63 bits per heavy atom. The average Bonchev–Trinajstić information content (AvgIpc) is 3.00. The van der Waals surface area contributed by atoms with E-state index in [1.54, 1.807) is 23.9 Å². The largest absolute Gasteiger partial charge is 0.391 e. The van der Waals surface area contributed by atoms with E-state index in [2.05, 4.69) is 10.4 Å². The van der Waals surface area contributed by atoms with E-state index < -0.39 is 17.0 Å². The third-order valence-corrected chi connectivity index (χ3v) is 4.97. The first-order valence-electron chi connectivity index (χ1n) is 8.81. The second-order valence-electron chi connectivity index (χ2n) is 6.96. The van der Waals surface area contributed by atoms with E-state index in [1.165, 1.54) is 12.1 Å². The number of nitrogens with one attached hydrogen (secondary N) is 1. The van der Waals surface area contributed by atoms with Gasteiger partial charge >= 0.3 is 6.18 Å². The van der Waals surface area contributed by atoms with E-state index in [-0.39, 0.29) is 24.6 Å². The fourth-order valence-electron chi connectivity index (χ4n) is 3.58. The van der Waals surface area contributed by atoms with Gasteiger partial charge in [-0.25, -0.2) is 0 Å². The van der Waals surface area contributed by atoms with Gasteiger partial charge in [-0.05, 0) is 31.4 Å². The zero-order valence-corrected chi connectivity index (χ0v) is 14.9. The lowest BCUT2D eigenvalue weighted by Gasteiger charge is -2.31. The van der Waals surface area contributed by atoms with Crippen LogP contribution in [0.1, 0.15) is 31.2 Å². The molecule has 2 aromatic rings. The highest BCUT2D eigenvalue weighted by Crippen LogP contribution is 2.37. The molecule has 1 heterocycles. The Bertz CT molecular complexity index is 802. The lowest BCUT2D eigenvalue weighted by atomic mass is 9.85. The number of benzene rings is 1. The first-order valence-corrected chi connectivity index (χ1v) is 8.81. The van der Waals surface area contributed by atoms with Crippen molar-refractivity contribution in [3.8, 4) is 11.3 Å². The average molecular weight is 382 g/mol. The zero-order valence-electron chi connectivity index (χ0n) is 14.9. The number of aromatic nitrogens is 2. The molecule has 2 atom stereocenters. The third-order valence-electron chi connectivity index (χ3n) is 4.97. The van der Waals surface area contributed by atoms with Gasteiger partial charge in [0.2, 0.25) is 0 Å². The van der Waals surface area contributed by atoms with Crippen molar-refractivity contribution in [2.75, 3.05) is 0 Å². The summed E-state index contributed by atoms with van der Waals surface area (Å²) in [6, 6.07) is 5.90. The molecule has 0 spiro atoms. The summed E-state index contributed by atoms with van der Waals surface area (Å²) in [5, 5.41) is 18.4. The van der Waals surface area contributed by atoms with Gasteiger partial charge in [-0.3, -0.25) is 14.8 Å². The molecule has 9 heteroatoms. The predicted molar refractivity (Wildman–Crippen MR) is 93.9 cm³/mol. The van der Waals surface area contributed by atoms with Crippen molar-refractivity contribution in [1.29, 1.82) is 0 Å². The van der Waals surface area contributed by atoms with Gasteiger partial charge in [0.25, 0.3) is 5.69 Å². The van der Waals surface area contributed by atoms with Crippen molar-refractivity contribution in [1.82, 2.24) is 15.1 Å². The fourth-order valence-corrected chi connectivity index (χ4v) is 3.58. The minimum Gasteiger partial charge on any atom is -0.310 e. The van der Waals surface area contributed by atoms with Gasteiger partial charge in [-0.1, -0.05) is 6.42 Å².